The number of rotatable bonds is 2. The molecule has 2 unspecified atom stereocenters. The fraction of sp³-hybridized carbons (Fsp3) is 0.727. The van der Waals surface area contributed by atoms with Gasteiger partial charge in [-0.15, -0.1) is 0 Å². The van der Waals surface area contributed by atoms with Gasteiger partial charge in [-0.3, -0.25) is 4.79 Å². The quantitative estimate of drug-likeness (QED) is 0.540. The normalized spacial score (nSPS) is 31.9. The van der Waals surface area contributed by atoms with Crippen LogP contribution >= 0.6 is 0 Å². The zero-order valence-electron chi connectivity index (χ0n) is 9.20. The highest BCUT2D eigenvalue weighted by Crippen LogP contribution is 2.39. The van der Waals surface area contributed by atoms with E-state index in [9.17, 15) is 9.90 Å². The van der Waals surface area contributed by atoms with Gasteiger partial charge in [0.15, 0.2) is 0 Å². The van der Waals surface area contributed by atoms with Crippen molar-refractivity contribution in [3.8, 4) is 0 Å². The molecule has 0 fully saturated rings. The van der Waals surface area contributed by atoms with E-state index in [2.05, 4.69) is 0 Å². The molecule has 0 amide bonds. The molecule has 3 heteroatoms. The van der Waals surface area contributed by atoms with Crippen molar-refractivity contribution >= 4 is 5.97 Å². The Hall–Kier alpha value is -0.830. The zero-order valence-corrected chi connectivity index (χ0v) is 9.20. The van der Waals surface area contributed by atoms with Crippen molar-refractivity contribution in [2.24, 2.45) is 11.8 Å². The van der Waals surface area contributed by atoms with Crippen molar-refractivity contribution < 1.29 is 14.6 Å². The van der Waals surface area contributed by atoms with Crippen LogP contribution in [-0.2, 0) is 9.53 Å². The average molecular weight is 198 g/mol. The van der Waals surface area contributed by atoms with Gasteiger partial charge in [-0.1, -0.05) is 25.5 Å². The highest BCUT2D eigenvalue weighted by molar-refractivity contribution is 5.78. The number of carbonyl (C=O) groups is 1. The molecule has 3 nitrogen and oxygen atoms in total. The number of methoxy groups -OCH3 is 1. The third-order valence-corrected chi connectivity index (χ3v) is 2.81. The first-order valence-corrected chi connectivity index (χ1v) is 4.90. The minimum Gasteiger partial charge on any atom is -0.468 e. The Labute approximate surface area is 84.8 Å². The van der Waals surface area contributed by atoms with E-state index in [1.165, 1.54) is 7.11 Å². The maximum Gasteiger partial charge on any atom is 0.315 e. The molecule has 0 heterocycles. The van der Waals surface area contributed by atoms with Crippen LogP contribution in [0.5, 0.6) is 0 Å². The molecule has 1 rings (SSSR count). The summed E-state index contributed by atoms with van der Waals surface area (Å²) in [6.07, 6.45) is 2.48. The van der Waals surface area contributed by atoms with E-state index in [0.29, 0.717) is 6.42 Å². The standard InChI is InChI=1S/C11H18O3/c1-7(2)8-5-6-11(3,13)9(8)10(12)14-4/h5,7,9,13H,6H2,1-4H3. The lowest BCUT2D eigenvalue weighted by atomic mass is 9.84. The zero-order chi connectivity index (χ0) is 10.9. The molecule has 0 saturated carbocycles. The van der Waals surface area contributed by atoms with E-state index in [0.717, 1.165) is 5.57 Å². The number of hydrogen-bond acceptors (Lipinski definition) is 3. The first-order chi connectivity index (χ1) is 6.40. The molecule has 0 bridgehead atoms. The minimum absolute atomic E-state index is 0.271. The monoisotopic (exact) mass is 198 g/mol. The molecule has 0 radical (unpaired) electrons. The van der Waals surface area contributed by atoms with Gasteiger partial charge in [-0.05, 0) is 19.3 Å². The van der Waals surface area contributed by atoms with Gasteiger partial charge in [0.1, 0.15) is 5.92 Å². The SMILES string of the molecule is COC(=O)C1C(C(C)C)=CCC1(C)O. The second-order valence-corrected chi connectivity index (χ2v) is 4.38. The topological polar surface area (TPSA) is 46.5 Å². The second kappa shape index (κ2) is 3.73. The number of ether oxygens (including phenoxy) is 1. The lowest BCUT2D eigenvalue weighted by Crippen LogP contribution is -2.38. The van der Waals surface area contributed by atoms with Gasteiger partial charge < -0.3 is 9.84 Å². The van der Waals surface area contributed by atoms with Crippen molar-refractivity contribution in [3.63, 3.8) is 0 Å². The van der Waals surface area contributed by atoms with E-state index in [4.69, 9.17) is 4.74 Å². The first-order valence-electron chi connectivity index (χ1n) is 4.90. The fourth-order valence-electron chi connectivity index (χ4n) is 2.00. The maximum atomic E-state index is 11.5. The van der Waals surface area contributed by atoms with Gasteiger partial charge in [0.2, 0.25) is 0 Å². The lowest BCUT2D eigenvalue weighted by molar-refractivity contribution is -0.151. The number of aliphatic hydroxyl groups is 1. The van der Waals surface area contributed by atoms with Crippen LogP contribution in [0.1, 0.15) is 27.2 Å². The van der Waals surface area contributed by atoms with E-state index >= 15 is 0 Å². The largest absolute Gasteiger partial charge is 0.468 e. The van der Waals surface area contributed by atoms with Crippen molar-refractivity contribution in [2.45, 2.75) is 32.8 Å². The summed E-state index contributed by atoms with van der Waals surface area (Å²) < 4.78 is 4.71. The molecule has 0 aromatic heterocycles. The summed E-state index contributed by atoms with van der Waals surface area (Å²) in [5.74, 6) is -0.562. The van der Waals surface area contributed by atoms with E-state index in [1.54, 1.807) is 6.92 Å². The van der Waals surface area contributed by atoms with E-state index in [-0.39, 0.29) is 11.9 Å². The van der Waals surface area contributed by atoms with Crippen LogP contribution in [0.2, 0.25) is 0 Å². The highest BCUT2D eigenvalue weighted by Gasteiger charge is 2.44. The Bertz CT molecular complexity index is 264. The summed E-state index contributed by atoms with van der Waals surface area (Å²) in [7, 11) is 1.36. The number of carbonyl (C=O) groups excluding carboxylic acids is 1. The van der Waals surface area contributed by atoms with Gasteiger partial charge >= 0.3 is 5.97 Å². The predicted molar refractivity (Wildman–Crippen MR) is 53.7 cm³/mol. The molecule has 2 atom stereocenters. The van der Waals surface area contributed by atoms with Crippen LogP contribution in [-0.4, -0.2) is 23.8 Å². The van der Waals surface area contributed by atoms with Crippen molar-refractivity contribution in [3.05, 3.63) is 11.6 Å². The summed E-state index contributed by atoms with van der Waals surface area (Å²) in [6.45, 7) is 5.72. The van der Waals surface area contributed by atoms with Gasteiger partial charge in [-0.25, -0.2) is 0 Å². The molecule has 0 aliphatic heterocycles. The highest BCUT2D eigenvalue weighted by atomic mass is 16.5. The van der Waals surface area contributed by atoms with Gasteiger partial charge in [0.05, 0.1) is 12.7 Å². The average Bonchev–Trinajstić information content (AvgIpc) is 2.40. The van der Waals surface area contributed by atoms with Gasteiger partial charge in [0, 0.05) is 0 Å². The van der Waals surface area contributed by atoms with Crippen molar-refractivity contribution in [1.82, 2.24) is 0 Å². The third-order valence-electron chi connectivity index (χ3n) is 2.81. The smallest absolute Gasteiger partial charge is 0.315 e. The molecule has 0 saturated heterocycles. The van der Waals surface area contributed by atoms with E-state index < -0.39 is 11.5 Å². The second-order valence-electron chi connectivity index (χ2n) is 4.38. The van der Waals surface area contributed by atoms with Crippen LogP contribution in [0.4, 0.5) is 0 Å². The fourth-order valence-corrected chi connectivity index (χ4v) is 2.00. The molecular formula is C11H18O3. The number of hydrogen-bond donors (Lipinski definition) is 1. The predicted octanol–water partition coefficient (Wildman–Crippen LogP) is 1.51. The molecule has 1 N–H and O–H groups in total. The summed E-state index contributed by atoms with van der Waals surface area (Å²) >= 11 is 0. The minimum atomic E-state index is -0.979. The Morgan fingerprint density at radius 2 is 2.29 bits per heavy atom. The van der Waals surface area contributed by atoms with E-state index in [1.807, 2.05) is 19.9 Å². The molecule has 14 heavy (non-hydrogen) atoms. The summed E-state index contributed by atoms with van der Waals surface area (Å²) in [5, 5.41) is 10.0. The molecule has 0 spiro atoms. The summed E-state index contributed by atoms with van der Waals surface area (Å²) in [6, 6.07) is 0. The molecule has 1 aliphatic rings. The van der Waals surface area contributed by atoms with Gasteiger partial charge in [0.25, 0.3) is 0 Å². The first kappa shape index (κ1) is 11.2. The Kier molecular flexibility index (Phi) is 3.00. The molecule has 80 valence electrons. The van der Waals surface area contributed by atoms with Gasteiger partial charge in [-0.2, -0.15) is 0 Å². The molecule has 0 aromatic carbocycles. The van der Waals surface area contributed by atoms with Crippen LogP contribution in [0.15, 0.2) is 11.6 Å². The lowest BCUT2D eigenvalue weighted by Gasteiger charge is -2.27. The van der Waals surface area contributed by atoms with Crippen LogP contribution in [0.3, 0.4) is 0 Å². The Balaban J connectivity index is 2.95. The van der Waals surface area contributed by atoms with Crippen molar-refractivity contribution in [1.29, 1.82) is 0 Å². The number of esters is 1. The summed E-state index contributed by atoms with van der Waals surface area (Å²) in [5.41, 5.74) is 0.00836. The molecule has 0 aromatic rings. The third kappa shape index (κ3) is 1.82. The molecule has 1 aliphatic carbocycles. The molecular weight excluding hydrogens is 180 g/mol. The Morgan fingerprint density at radius 1 is 1.71 bits per heavy atom. The maximum absolute atomic E-state index is 11.5. The van der Waals surface area contributed by atoms with Crippen LogP contribution in [0, 0.1) is 11.8 Å². The Morgan fingerprint density at radius 3 is 2.71 bits per heavy atom. The van der Waals surface area contributed by atoms with Crippen LogP contribution < -0.4 is 0 Å². The van der Waals surface area contributed by atoms with Crippen LogP contribution in [0.25, 0.3) is 0 Å². The van der Waals surface area contributed by atoms with Crippen molar-refractivity contribution in [2.75, 3.05) is 7.11 Å². The summed E-state index contributed by atoms with van der Waals surface area (Å²) in [4.78, 5) is 11.5.